The van der Waals surface area contributed by atoms with Gasteiger partial charge in [0.05, 0.1) is 0 Å². The van der Waals surface area contributed by atoms with E-state index in [1.807, 2.05) is 24.3 Å². The first kappa shape index (κ1) is 16.0. The van der Waals surface area contributed by atoms with E-state index in [0.29, 0.717) is 0 Å². The molecular formula is C26H17ClO. The Labute approximate surface area is 168 Å². The highest BCUT2D eigenvalue weighted by atomic mass is 35.5. The lowest BCUT2D eigenvalue weighted by atomic mass is 9.73. The van der Waals surface area contributed by atoms with E-state index in [1.165, 1.54) is 22.3 Å². The molecule has 0 atom stereocenters. The van der Waals surface area contributed by atoms with Crippen LogP contribution in [0.2, 0.25) is 5.02 Å². The van der Waals surface area contributed by atoms with Crippen LogP contribution in [-0.2, 0) is 5.41 Å². The van der Waals surface area contributed by atoms with Gasteiger partial charge in [-0.25, -0.2) is 0 Å². The Bertz CT molecular complexity index is 1350. The first-order valence-electron chi connectivity index (χ1n) is 9.49. The van der Waals surface area contributed by atoms with Crippen molar-refractivity contribution in [3.8, 4) is 11.1 Å². The van der Waals surface area contributed by atoms with E-state index in [2.05, 4.69) is 67.6 Å². The second kappa shape index (κ2) is 5.50. The molecular weight excluding hydrogens is 364 g/mol. The smallest absolute Gasteiger partial charge is 0.141 e. The van der Waals surface area contributed by atoms with Crippen LogP contribution in [0.5, 0.6) is 0 Å². The van der Waals surface area contributed by atoms with Gasteiger partial charge in [-0.1, -0.05) is 78.3 Å². The molecule has 0 amide bonds. The molecule has 0 N–H and O–H groups in total. The fraction of sp³-hybridized carbons (Fsp3) is 0.0769. The SMILES string of the molecule is CC1(c2c(Cl)ccc3c2oc2ccccc23)c2ccccc2-c2ccccc21. The van der Waals surface area contributed by atoms with Gasteiger partial charge in [0.25, 0.3) is 0 Å². The number of para-hydroxylation sites is 1. The van der Waals surface area contributed by atoms with Gasteiger partial charge >= 0.3 is 0 Å². The molecule has 0 aliphatic heterocycles. The van der Waals surface area contributed by atoms with Crippen molar-refractivity contribution in [2.45, 2.75) is 12.3 Å². The zero-order chi connectivity index (χ0) is 18.9. The van der Waals surface area contributed by atoms with E-state index in [4.69, 9.17) is 16.0 Å². The molecule has 134 valence electrons. The maximum Gasteiger partial charge on any atom is 0.141 e. The minimum atomic E-state index is -0.377. The van der Waals surface area contributed by atoms with Gasteiger partial charge < -0.3 is 4.42 Å². The Morgan fingerprint density at radius 3 is 2.00 bits per heavy atom. The van der Waals surface area contributed by atoms with E-state index in [1.54, 1.807) is 0 Å². The molecule has 0 spiro atoms. The van der Waals surface area contributed by atoms with Crippen LogP contribution in [0.1, 0.15) is 23.6 Å². The molecule has 1 aromatic heterocycles. The summed E-state index contributed by atoms with van der Waals surface area (Å²) < 4.78 is 6.39. The average molecular weight is 381 g/mol. The molecule has 28 heavy (non-hydrogen) atoms. The molecule has 1 aliphatic rings. The summed E-state index contributed by atoms with van der Waals surface area (Å²) in [5, 5.41) is 2.97. The van der Waals surface area contributed by atoms with Crippen LogP contribution >= 0.6 is 11.6 Å². The van der Waals surface area contributed by atoms with Crippen LogP contribution in [0.15, 0.2) is 89.3 Å². The van der Waals surface area contributed by atoms with Crippen molar-refractivity contribution in [1.82, 2.24) is 0 Å². The van der Waals surface area contributed by atoms with E-state index >= 15 is 0 Å². The minimum absolute atomic E-state index is 0.377. The van der Waals surface area contributed by atoms with Gasteiger partial charge in [0.2, 0.25) is 0 Å². The Balaban J connectivity index is 1.80. The highest BCUT2D eigenvalue weighted by molar-refractivity contribution is 6.33. The molecule has 5 aromatic rings. The van der Waals surface area contributed by atoms with Gasteiger partial charge in [-0.15, -0.1) is 0 Å². The summed E-state index contributed by atoms with van der Waals surface area (Å²) in [6.07, 6.45) is 0. The summed E-state index contributed by atoms with van der Waals surface area (Å²) in [6, 6.07) is 29.5. The summed E-state index contributed by atoms with van der Waals surface area (Å²) in [5.41, 5.74) is 7.51. The predicted octanol–water partition coefficient (Wildman–Crippen LogP) is 7.57. The van der Waals surface area contributed by atoms with Crippen LogP contribution < -0.4 is 0 Å². The van der Waals surface area contributed by atoms with Crippen molar-refractivity contribution < 1.29 is 4.42 Å². The standard InChI is InChI=1S/C26H17ClO/c1-26(20-11-5-2-8-16(20)17-9-3-6-12-21(17)26)24-22(27)15-14-19-18-10-4-7-13-23(18)28-25(19)24/h2-15H,1H3. The van der Waals surface area contributed by atoms with Gasteiger partial charge in [-0.3, -0.25) is 0 Å². The third-order valence-corrected chi connectivity index (χ3v) is 6.53. The van der Waals surface area contributed by atoms with Crippen LogP contribution in [0.3, 0.4) is 0 Å². The molecule has 1 aliphatic carbocycles. The summed E-state index contributed by atoms with van der Waals surface area (Å²) in [6.45, 7) is 2.27. The maximum atomic E-state index is 6.87. The van der Waals surface area contributed by atoms with Crippen molar-refractivity contribution >= 4 is 33.5 Å². The largest absolute Gasteiger partial charge is 0.456 e. The van der Waals surface area contributed by atoms with E-state index in [0.717, 1.165) is 32.5 Å². The predicted molar refractivity (Wildman–Crippen MR) is 116 cm³/mol. The minimum Gasteiger partial charge on any atom is -0.456 e. The van der Waals surface area contributed by atoms with Gasteiger partial charge in [-0.05, 0) is 47.4 Å². The molecule has 1 nitrogen and oxygen atoms in total. The first-order valence-corrected chi connectivity index (χ1v) is 9.87. The molecule has 0 unspecified atom stereocenters. The third-order valence-electron chi connectivity index (χ3n) is 6.22. The molecule has 0 saturated carbocycles. The first-order chi connectivity index (χ1) is 13.7. The summed E-state index contributed by atoms with van der Waals surface area (Å²) >= 11 is 6.87. The van der Waals surface area contributed by atoms with Crippen molar-refractivity contribution in [2.75, 3.05) is 0 Å². The van der Waals surface area contributed by atoms with Crippen molar-refractivity contribution in [3.63, 3.8) is 0 Å². The summed E-state index contributed by atoms with van der Waals surface area (Å²) in [5.74, 6) is 0. The molecule has 6 rings (SSSR count). The van der Waals surface area contributed by atoms with Crippen molar-refractivity contribution in [1.29, 1.82) is 0 Å². The van der Waals surface area contributed by atoms with Gasteiger partial charge in [-0.2, -0.15) is 0 Å². The maximum absolute atomic E-state index is 6.87. The Morgan fingerprint density at radius 1 is 0.679 bits per heavy atom. The normalized spacial score (nSPS) is 14.4. The Morgan fingerprint density at radius 2 is 1.29 bits per heavy atom. The lowest BCUT2D eigenvalue weighted by Crippen LogP contribution is -2.23. The number of hydrogen-bond acceptors (Lipinski definition) is 1. The Hall–Kier alpha value is -3.03. The molecule has 0 radical (unpaired) electrons. The zero-order valence-electron chi connectivity index (χ0n) is 15.4. The molecule has 4 aromatic carbocycles. The molecule has 2 heteroatoms. The third kappa shape index (κ3) is 1.87. The van der Waals surface area contributed by atoms with Crippen LogP contribution in [0, 0.1) is 0 Å². The van der Waals surface area contributed by atoms with Crippen LogP contribution in [0.25, 0.3) is 33.1 Å². The lowest BCUT2D eigenvalue weighted by molar-refractivity contribution is 0.638. The quantitative estimate of drug-likeness (QED) is 0.292. The van der Waals surface area contributed by atoms with Crippen molar-refractivity contribution in [3.05, 3.63) is 107 Å². The fourth-order valence-electron chi connectivity index (χ4n) is 4.95. The highest BCUT2D eigenvalue weighted by Gasteiger charge is 2.43. The molecule has 0 saturated heterocycles. The highest BCUT2D eigenvalue weighted by Crippen LogP contribution is 2.55. The van der Waals surface area contributed by atoms with Crippen LogP contribution in [-0.4, -0.2) is 0 Å². The van der Waals surface area contributed by atoms with Gasteiger partial charge in [0.1, 0.15) is 11.2 Å². The molecule has 0 fully saturated rings. The zero-order valence-corrected chi connectivity index (χ0v) is 16.1. The second-order valence-corrected chi connectivity index (χ2v) is 8.02. The molecule has 0 bridgehead atoms. The van der Waals surface area contributed by atoms with E-state index in [9.17, 15) is 0 Å². The molecule has 1 heterocycles. The summed E-state index contributed by atoms with van der Waals surface area (Å²) in [7, 11) is 0. The summed E-state index contributed by atoms with van der Waals surface area (Å²) in [4.78, 5) is 0. The van der Waals surface area contributed by atoms with Gasteiger partial charge in [0.15, 0.2) is 0 Å². The lowest BCUT2D eigenvalue weighted by Gasteiger charge is -2.29. The fourth-order valence-corrected chi connectivity index (χ4v) is 5.29. The second-order valence-electron chi connectivity index (χ2n) is 7.61. The monoisotopic (exact) mass is 380 g/mol. The number of fused-ring (bicyclic) bond motifs is 6. The number of hydrogen-bond donors (Lipinski definition) is 0. The van der Waals surface area contributed by atoms with E-state index in [-0.39, 0.29) is 5.41 Å². The van der Waals surface area contributed by atoms with E-state index < -0.39 is 0 Å². The average Bonchev–Trinajstić information content (AvgIpc) is 3.23. The number of rotatable bonds is 1. The number of furan rings is 1. The van der Waals surface area contributed by atoms with Crippen LogP contribution in [0.4, 0.5) is 0 Å². The topological polar surface area (TPSA) is 13.1 Å². The number of halogens is 1. The van der Waals surface area contributed by atoms with Gasteiger partial charge in [0, 0.05) is 26.8 Å². The number of benzene rings is 4. The van der Waals surface area contributed by atoms with Crippen molar-refractivity contribution in [2.24, 2.45) is 0 Å². The Kier molecular flexibility index (Phi) is 3.14.